The molecular formula is C23H33N3O3. The number of likely N-dealkylation sites (tertiary alicyclic amines) is 1. The van der Waals surface area contributed by atoms with Gasteiger partial charge in [0.05, 0.1) is 7.11 Å². The van der Waals surface area contributed by atoms with Crippen molar-refractivity contribution in [2.45, 2.75) is 40.2 Å². The summed E-state index contributed by atoms with van der Waals surface area (Å²) in [5, 5.41) is 3.93. The summed E-state index contributed by atoms with van der Waals surface area (Å²) in [5.41, 5.74) is 1.64. The Morgan fingerprint density at radius 3 is 2.66 bits per heavy atom. The van der Waals surface area contributed by atoms with Crippen molar-refractivity contribution in [3.63, 3.8) is 0 Å². The third-order valence-corrected chi connectivity index (χ3v) is 5.49. The molecule has 0 radical (unpaired) electrons. The van der Waals surface area contributed by atoms with Gasteiger partial charge in [0.25, 0.3) is 5.91 Å². The first-order chi connectivity index (χ1) is 14.0. The standard InChI is InChI=1S/C23H33N3O3/c1-17(2)14-26(23(27)21-13-18(3)29-24-21)15-19-9-11-25(12-10-19)16-20-7-5-6-8-22(20)28-4/h5-8,13,17,19H,9-12,14-16H2,1-4H3. The molecule has 1 aliphatic heterocycles. The number of methoxy groups -OCH3 is 1. The van der Waals surface area contributed by atoms with Crippen LogP contribution in [0.2, 0.25) is 0 Å². The minimum absolute atomic E-state index is 0.0213. The van der Waals surface area contributed by atoms with Crippen LogP contribution in [0.15, 0.2) is 34.9 Å². The van der Waals surface area contributed by atoms with Crippen LogP contribution in [0, 0.1) is 18.8 Å². The highest BCUT2D eigenvalue weighted by atomic mass is 16.5. The fraction of sp³-hybridized carbons (Fsp3) is 0.565. The van der Waals surface area contributed by atoms with Crippen molar-refractivity contribution in [1.29, 1.82) is 0 Å². The van der Waals surface area contributed by atoms with Crippen LogP contribution in [-0.2, 0) is 6.54 Å². The zero-order valence-electron chi connectivity index (χ0n) is 18.1. The highest BCUT2D eigenvalue weighted by Crippen LogP contribution is 2.24. The molecule has 6 nitrogen and oxygen atoms in total. The molecule has 29 heavy (non-hydrogen) atoms. The second kappa shape index (κ2) is 9.92. The molecule has 0 unspecified atom stereocenters. The number of hydrogen-bond donors (Lipinski definition) is 0. The number of piperidine rings is 1. The average molecular weight is 400 g/mol. The molecular weight excluding hydrogens is 366 g/mol. The number of carbonyl (C=O) groups is 1. The van der Waals surface area contributed by atoms with E-state index in [1.807, 2.05) is 24.0 Å². The number of amides is 1. The van der Waals surface area contributed by atoms with Crippen LogP contribution in [0.1, 0.15) is 48.5 Å². The van der Waals surface area contributed by atoms with Crippen molar-refractivity contribution in [2.24, 2.45) is 11.8 Å². The number of rotatable bonds is 8. The van der Waals surface area contributed by atoms with Gasteiger partial charge in [0.2, 0.25) is 0 Å². The molecule has 1 aliphatic rings. The summed E-state index contributed by atoms with van der Waals surface area (Å²) in [6.07, 6.45) is 2.18. The second-order valence-corrected chi connectivity index (χ2v) is 8.46. The number of aryl methyl sites for hydroxylation is 1. The predicted octanol–water partition coefficient (Wildman–Crippen LogP) is 4.00. The van der Waals surface area contributed by atoms with E-state index in [2.05, 4.69) is 36.0 Å². The molecule has 2 aromatic rings. The molecule has 158 valence electrons. The summed E-state index contributed by atoms with van der Waals surface area (Å²) >= 11 is 0. The lowest BCUT2D eigenvalue weighted by atomic mass is 9.95. The molecule has 6 heteroatoms. The van der Waals surface area contributed by atoms with E-state index >= 15 is 0 Å². The maximum atomic E-state index is 12.9. The van der Waals surface area contributed by atoms with Crippen LogP contribution in [0.3, 0.4) is 0 Å². The summed E-state index contributed by atoms with van der Waals surface area (Å²) in [6, 6.07) is 9.94. The fourth-order valence-electron chi connectivity index (χ4n) is 4.02. The van der Waals surface area contributed by atoms with E-state index in [1.165, 1.54) is 5.56 Å². The van der Waals surface area contributed by atoms with Crippen molar-refractivity contribution in [1.82, 2.24) is 15.0 Å². The third-order valence-electron chi connectivity index (χ3n) is 5.49. The molecule has 0 bridgehead atoms. The van der Waals surface area contributed by atoms with Gasteiger partial charge in [-0.3, -0.25) is 9.69 Å². The summed E-state index contributed by atoms with van der Waals surface area (Å²) in [7, 11) is 1.72. The normalized spacial score (nSPS) is 15.6. The molecule has 0 aliphatic carbocycles. The summed E-state index contributed by atoms with van der Waals surface area (Å²) in [5.74, 6) is 2.53. The maximum Gasteiger partial charge on any atom is 0.276 e. The minimum Gasteiger partial charge on any atom is -0.496 e. The van der Waals surface area contributed by atoms with Gasteiger partial charge in [0.15, 0.2) is 5.69 Å². The molecule has 0 atom stereocenters. The van der Waals surface area contributed by atoms with E-state index in [1.54, 1.807) is 13.2 Å². The fourth-order valence-corrected chi connectivity index (χ4v) is 4.02. The van der Waals surface area contributed by atoms with Gasteiger partial charge in [-0.1, -0.05) is 37.2 Å². The van der Waals surface area contributed by atoms with Crippen LogP contribution >= 0.6 is 0 Å². The predicted molar refractivity (Wildman–Crippen MR) is 113 cm³/mol. The van der Waals surface area contributed by atoms with E-state index in [0.717, 1.165) is 51.3 Å². The molecule has 1 amide bonds. The summed E-state index contributed by atoms with van der Waals surface area (Å²) in [6.45, 7) is 10.6. The molecule has 1 fully saturated rings. The number of para-hydroxylation sites is 1. The number of carbonyl (C=O) groups excluding carboxylic acids is 1. The summed E-state index contributed by atoms with van der Waals surface area (Å²) in [4.78, 5) is 17.4. The third kappa shape index (κ3) is 5.82. The van der Waals surface area contributed by atoms with Gasteiger partial charge in [-0.05, 0) is 50.8 Å². The van der Waals surface area contributed by atoms with Gasteiger partial charge in [-0.15, -0.1) is 0 Å². The zero-order valence-corrected chi connectivity index (χ0v) is 18.1. The molecule has 1 saturated heterocycles. The molecule has 3 rings (SSSR count). The highest BCUT2D eigenvalue weighted by Gasteiger charge is 2.26. The van der Waals surface area contributed by atoms with Crippen LogP contribution in [0.4, 0.5) is 0 Å². The monoisotopic (exact) mass is 399 g/mol. The van der Waals surface area contributed by atoms with E-state index < -0.39 is 0 Å². The van der Waals surface area contributed by atoms with Crippen LogP contribution in [-0.4, -0.2) is 54.2 Å². The summed E-state index contributed by atoms with van der Waals surface area (Å²) < 4.78 is 10.6. The van der Waals surface area contributed by atoms with Crippen molar-refractivity contribution >= 4 is 5.91 Å². The zero-order chi connectivity index (χ0) is 20.8. The van der Waals surface area contributed by atoms with Gasteiger partial charge in [-0.2, -0.15) is 0 Å². The first-order valence-corrected chi connectivity index (χ1v) is 10.5. The lowest BCUT2D eigenvalue weighted by Gasteiger charge is -2.35. The van der Waals surface area contributed by atoms with Gasteiger partial charge in [0, 0.05) is 31.3 Å². The SMILES string of the molecule is COc1ccccc1CN1CCC(CN(CC(C)C)C(=O)c2cc(C)on2)CC1. The number of nitrogens with zero attached hydrogens (tertiary/aromatic N) is 3. The van der Waals surface area contributed by atoms with Crippen molar-refractivity contribution in [3.8, 4) is 5.75 Å². The largest absolute Gasteiger partial charge is 0.496 e. The van der Waals surface area contributed by atoms with Gasteiger partial charge in [0.1, 0.15) is 11.5 Å². The molecule has 2 heterocycles. The Bertz CT molecular complexity index is 794. The average Bonchev–Trinajstić information content (AvgIpc) is 3.15. The Hall–Kier alpha value is -2.34. The van der Waals surface area contributed by atoms with Crippen LogP contribution in [0.5, 0.6) is 5.75 Å². The smallest absolute Gasteiger partial charge is 0.276 e. The minimum atomic E-state index is -0.0213. The van der Waals surface area contributed by atoms with E-state index in [0.29, 0.717) is 23.3 Å². The first-order valence-electron chi connectivity index (χ1n) is 10.5. The number of aromatic nitrogens is 1. The Labute approximate surface area is 173 Å². The van der Waals surface area contributed by atoms with Crippen molar-refractivity contribution in [2.75, 3.05) is 33.3 Å². The molecule has 1 aromatic carbocycles. The first kappa shape index (κ1) is 21.4. The lowest BCUT2D eigenvalue weighted by molar-refractivity contribution is 0.0653. The van der Waals surface area contributed by atoms with Crippen LogP contribution < -0.4 is 4.74 Å². The Kier molecular flexibility index (Phi) is 7.31. The van der Waals surface area contributed by atoms with Crippen molar-refractivity contribution in [3.05, 3.63) is 47.3 Å². The molecule has 0 N–H and O–H groups in total. The quantitative estimate of drug-likeness (QED) is 0.671. The van der Waals surface area contributed by atoms with Crippen molar-refractivity contribution < 1.29 is 14.1 Å². The Morgan fingerprint density at radius 1 is 1.31 bits per heavy atom. The van der Waals surface area contributed by atoms with E-state index in [9.17, 15) is 4.79 Å². The molecule has 0 spiro atoms. The highest BCUT2D eigenvalue weighted by molar-refractivity contribution is 5.92. The molecule has 0 saturated carbocycles. The second-order valence-electron chi connectivity index (χ2n) is 8.46. The number of benzene rings is 1. The lowest BCUT2D eigenvalue weighted by Crippen LogP contribution is -2.42. The van der Waals surface area contributed by atoms with E-state index in [-0.39, 0.29) is 5.91 Å². The Balaban J connectivity index is 1.56. The van der Waals surface area contributed by atoms with Crippen LogP contribution in [0.25, 0.3) is 0 Å². The number of ether oxygens (including phenoxy) is 1. The number of hydrogen-bond acceptors (Lipinski definition) is 5. The van der Waals surface area contributed by atoms with Gasteiger partial charge >= 0.3 is 0 Å². The molecule has 1 aromatic heterocycles. The Morgan fingerprint density at radius 2 is 2.03 bits per heavy atom. The van der Waals surface area contributed by atoms with Gasteiger partial charge < -0.3 is 14.2 Å². The van der Waals surface area contributed by atoms with Gasteiger partial charge in [-0.25, -0.2) is 0 Å². The maximum absolute atomic E-state index is 12.9. The topological polar surface area (TPSA) is 58.8 Å². The van der Waals surface area contributed by atoms with E-state index in [4.69, 9.17) is 9.26 Å².